The van der Waals surface area contributed by atoms with Crippen molar-refractivity contribution in [3.8, 4) is 0 Å². The van der Waals surface area contributed by atoms with Gasteiger partial charge in [0.15, 0.2) is 11.6 Å². The Labute approximate surface area is 273 Å². The molecule has 47 heavy (non-hydrogen) atoms. The normalized spacial score (nSPS) is 20.8. The van der Waals surface area contributed by atoms with E-state index >= 15 is 0 Å². The molecule has 1 saturated carbocycles. The number of carboxylic acid groups (broad SMARTS) is 1. The van der Waals surface area contributed by atoms with E-state index in [9.17, 15) is 19.5 Å². The molecule has 4 aromatic carbocycles. The highest BCUT2D eigenvalue weighted by molar-refractivity contribution is 6.41. The van der Waals surface area contributed by atoms with Crippen LogP contribution in [0.15, 0.2) is 120 Å². The first-order valence-electron chi connectivity index (χ1n) is 16.3. The van der Waals surface area contributed by atoms with Crippen LogP contribution in [0.3, 0.4) is 0 Å². The third-order valence-electron chi connectivity index (χ3n) is 9.95. The van der Waals surface area contributed by atoms with E-state index in [0.29, 0.717) is 12.0 Å². The molecule has 3 aliphatic carbocycles. The van der Waals surface area contributed by atoms with Crippen molar-refractivity contribution in [1.29, 1.82) is 0 Å². The molecule has 0 bridgehead atoms. The molecule has 0 radical (unpaired) electrons. The van der Waals surface area contributed by atoms with Crippen molar-refractivity contribution in [2.24, 2.45) is 0 Å². The van der Waals surface area contributed by atoms with Gasteiger partial charge in [-0.3, -0.25) is 9.59 Å². The molecule has 5 heteroatoms. The van der Waals surface area contributed by atoms with Gasteiger partial charge in [0, 0.05) is 34.5 Å². The Morgan fingerprint density at radius 3 is 2.34 bits per heavy atom. The largest absolute Gasteiger partial charge is 0.478 e. The number of rotatable bonds is 6. The zero-order valence-electron chi connectivity index (χ0n) is 25.9. The van der Waals surface area contributed by atoms with Crippen molar-refractivity contribution < 1.29 is 19.5 Å². The number of ketones is 2. The molecule has 0 saturated heterocycles. The molecule has 4 aromatic rings. The Kier molecular flexibility index (Phi) is 7.17. The molecule has 0 spiro atoms. The smallest absolute Gasteiger partial charge is 0.335 e. The predicted molar refractivity (Wildman–Crippen MR) is 186 cm³/mol. The zero-order chi connectivity index (χ0) is 32.1. The number of benzene rings is 4. The second-order valence-electron chi connectivity index (χ2n) is 12.7. The van der Waals surface area contributed by atoms with Crippen LogP contribution < -0.4 is 4.90 Å². The van der Waals surface area contributed by atoms with Crippen molar-refractivity contribution in [2.45, 2.75) is 44.1 Å². The van der Waals surface area contributed by atoms with Crippen molar-refractivity contribution in [3.05, 3.63) is 159 Å². The lowest BCUT2D eigenvalue weighted by atomic mass is 9.92. The third kappa shape index (κ3) is 5.08. The van der Waals surface area contributed by atoms with Gasteiger partial charge in [-0.25, -0.2) is 4.79 Å². The summed E-state index contributed by atoms with van der Waals surface area (Å²) in [5.74, 6) is -1.53. The summed E-state index contributed by atoms with van der Waals surface area (Å²) in [6, 6.07) is 30.1. The molecular formula is C42H33NO4. The van der Waals surface area contributed by atoms with Crippen LogP contribution in [0.1, 0.15) is 91.3 Å². The maximum atomic E-state index is 13.2. The van der Waals surface area contributed by atoms with Gasteiger partial charge in [0.1, 0.15) is 0 Å². The number of fused-ring (bicyclic) bond motifs is 4. The average molecular weight is 616 g/mol. The van der Waals surface area contributed by atoms with E-state index in [2.05, 4.69) is 95.9 Å². The molecule has 1 aliphatic heterocycles. The number of Topliss-reactive ketones (excluding diaryl/α,β-unsaturated/α-hetero) is 2. The second kappa shape index (κ2) is 11.7. The van der Waals surface area contributed by atoms with Gasteiger partial charge < -0.3 is 10.0 Å². The van der Waals surface area contributed by atoms with Gasteiger partial charge in [0.25, 0.3) is 0 Å². The lowest BCUT2D eigenvalue weighted by Crippen LogP contribution is -2.26. The Bertz CT molecular complexity index is 2080. The summed E-state index contributed by atoms with van der Waals surface area (Å²) in [5, 5.41) is 9.36. The molecule has 230 valence electrons. The van der Waals surface area contributed by atoms with Crippen LogP contribution in [0.25, 0.3) is 17.7 Å². The number of hydrogen-bond donors (Lipinski definition) is 1. The van der Waals surface area contributed by atoms with E-state index in [0.717, 1.165) is 48.9 Å². The molecule has 5 nitrogen and oxygen atoms in total. The Hall–Kier alpha value is -5.55. The summed E-state index contributed by atoms with van der Waals surface area (Å²) in [5.41, 5.74) is 9.72. The van der Waals surface area contributed by atoms with Crippen molar-refractivity contribution >= 4 is 46.6 Å². The van der Waals surface area contributed by atoms with Crippen molar-refractivity contribution in [2.75, 3.05) is 4.90 Å². The summed E-state index contributed by atoms with van der Waals surface area (Å²) < 4.78 is 0. The molecule has 4 aliphatic rings. The monoisotopic (exact) mass is 615 g/mol. The standard InChI is InChI=1S/C42H33NO4/c44-40-33-20-17-30(42(46)47)25-36(33)41(45)37(40)24-27-16-21-39-35(23-27)32-12-7-13-38(32)43(39)31-18-14-26(15-19-31)22-34(28-8-3-1-4-9-28)29-10-5-2-6-11-29/h1,3-5,8-11,14-25,32,38H,2,6-7,12-13H2,(H,46,47)/b34-22+,37-24?. The van der Waals surface area contributed by atoms with Crippen LogP contribution in [0.4, 0.5) is 11.4 Å². The van der Waals surface area contributed by atoms with E-state index in [-0.39, 0.29) is 28.0 Å². The lowest BCUT2D eigenvalue weighted by Gasteiger charge is -2.27. The highest BCUT2D eigenvalue weighted by atomic mass is 16.4. The van der Waals surface area contributed by atoms with Gasteiger partial charge in [0.05, 0.1) is 11.1 Å². The van der Waals surface area contributed by atoms with Crippen LogP contribution in [0.5, 0.6) is 0 Å². The summed E-state index contributed by atoms with van der Waals surface area (Å²) in [6.45, 7) is 0. The summed E-state index contributed by atoms with van der Waals surface area (Å²) in [4.78, 5) is 40.3. The van der Waals surface area contributed by atoms with Crippen molar-refractivity contribution in [3.63, 3.8) is 0 Å². The molecule has 1 heterocycles. The van der Waals surface area contributed by atoms with Crippen molar-refractivity contribution in [1.82, 2.24) is 0 Å². The molecular weight excluding hydrogens is 582 g/mol. The maximum Gasteiger partial charge on any atom is 0.335 e. The second-order valence-corrected chi connectivity index (χ2v) is 12.7. The highest BCUT2D eigenvalue weighted by Crippen LogP contribution is 2.52. The van der Waals surface area contributed by atoms with E-state index < -0.39 is 11.8 Å². The Balaban J connectivity index is 1.10. The number of anilines is 2. The first kappa shape index (κ1) is 28.9. The van der Waals surface area contributed by atoms with Crippen LogP contribution in [0.2, 0.25) is 0 Å². The molecule has 2 atom stereocenters. The number of aromatic carboxylic acids is 1. The van der Waals surface area contributed by atoms with Gasteiger partial charge >= 0.3 is 5.97 Å². The fraction of sp³-hybridized carbons (Fsp3) is 0.167. The van der Waals surface area contributed by atoms with Crippen LogP contribution in [0, 0.1) is 0 Å². The van der Waals surface area contributed by atoms with E-state index in [4.69, 9.17) is 0 Å². The number of hydrogen-bond acceptors (Lipinski definition) is 4. The SMILES string of the molecule is O=C(O)c1ccc2c(c1)C(=O)C(=Cc1ccc3c(c1)C1CCCC1N3c1ccc(/C=C(/C3=CCCC=C3)c3ccccc3)cc1)C2=O. The third-order valence-corrected chi connectivity index (χ3v) is 9.95. The van der Waals surface area contributed by atoms with Crippen LogP contribution in [-0.2, 0) is 0 Å². The minimum Gasteiger partial charge on any atom is -0.478 e. The minimum absolute atomic E-state index is 0.00416. The maximum absolute atomic E-state index is 13.2. The number of nitrogens with zero attached hydrogens (tertiary/aromatic N) is 1. The zero-order valence-corrected chi connectivity index (χ0v) is 25.9. The van der Waals surface area contributed by atoms with Crippen LogP contribution >= 0.6 is 0 Å². The Morgan fingerprint density at radius 2 is 1.57 bits per heavy atom. The highest BCUT2D eigenvalue weighted by Gasteiger charge is 2.42. The number of carboxylic acids is 1. The van der Waals surface area contributed by atoms with E-state index in [1.54, 1.807) is 6.08 Å². The predicted octanol–water partition coefficient (Wildman–Crippen LogP) is 9.45. The van der Waals surface area contributed by atoms with Crippen LogP contribution in [-0.4, -0.2) is 28.7 Å². The number of carbonyl (C=O) groups is 3. The van der Waals surface area contributed by atoms with E-state index in [1.165, 1.54) is 46.2 Å². The Morgan fingerprint density at radius 1 is 0.787 bits per heavy atom. The first-order chi connectivity index (χ1) is 23.0. The van der Waals surface area contributed by atoms with Gasteiger partial charge in [-0.15, -0.1) is 0 Å². The first-order valence-corrected chi connectivity index (χ1v) is 16.3. The molecule has 2 unspecified atom stereocenters. The van der Waals surface area contributed by atoms with E-state index in [1.807, 2.05) is 6.07 Å². The summed E-state index contributed by atoms with van der Waals surface area (Å²) >= 11 is 0. The molecule has 0 amide bonds. The van der Waals surface area contributed by atoms with Gasteiger partial charge in [0.2, 0.25) is 0 Å². The topological polar surface area (TPSA) is 74.7 Å². The molecule has 8 rings (SSSR count). The van der Waals surface area contributed by atoms with Gasteiger partial charge in [-0.2, -0.15) is 0 Å². The molecule has 1 fully saturated rings. The molecule has 0 aromatic heterocycles. The summed E-state index contributed by atoms with van der Waals surface area (Å²) in [6.07, 6.45) is 16.2. The number of carbonyl (C=O) groups excluding carboxylic acids is 2. The van der Waals surface area contributed by atoms with Gasteiger partial charge in [-0.1, -0.05) is 73.2 Å². The quantitative estimate of drug-likeness (QED) is 0.133. The molecule has 1 N–H and O–H groups in total. The minimum atomic E-state index is -1.13. The van der Waals surface area contributed by atoms with Gasteiger partial charge in [-0.05, 0) is 114 Å². The fourth-order valence-electron chi connectivity index (χ4n) is 7.72. The lowest BCUT2D eigenvalue weighted by molar-refractivity contribution is 0.0696. The average Bonchev–Trinajstić information content (AvgIpc) is 3.77. The summed E-state index contributed by atoms with van der Waals surface area (Å²) in [7, 11) is 0. The number of allylic oxidation sites excluding steroid dienone is 6. The fourth-order valence-corrected chi connectivity index (χ4v) is 7.72.